The van der Waals surface area contributed by atoms with Crippen LogP contribution in [-0.2, 0) is 23.4 Å². The first-order chi connectivity index (χ1) is 21.8. The number of benzene rings is 4. The Morgan fingerprint density at radius 3 is 1.61 bits per heavy atom. The van der Waals surface area contributed by atoms with Crippen LogP contribution >= 0.6 is 23.2 Å². The van der Waals surface area contributed by atoms with Crippen LogP contribution < -0.4 is 39.0 Å². The maximum Gasteiger partial charge on any atom is 1.00 e. The average Bonchev–Trinajstić information content (AvgIpc) is 3.05. The molecule has 0 atom stereocenters. The molecule has 6 aromatic rings. The van der Waals surface area contributed by atoms with Gasteiger partial charge in [0.25, 0.3) is 0 Å². The van der Waals surface area contributed by atoms with Crippen LogP contribution in [0.15, 0.2) is 109 Å². The minimum atomic E-state index is -0.885. The number of fused-ring (bicyclic) bond motifs is 2. The molecule has 0 unspecified atom stereocenters. The Hall–Kier alpha value is -3.65. The summed E-state index contributed by atoms with van der Waals surface area (Å²) in [4.78, 5) is 21.0. The normalized spacial score (nSPS) is 11.3. The molecule has 0 spiro atoms. The number of carboxylic acids is 1. The van der Waals surface area contributed by atoms with E-state index in [1.807, 2.05) is 116 Å². The standard InChI is InChI=1S/C37H30Cl2N2O4.Na.H/c1-37(19-18-36(42)43,26-12-16-34(30(38)20-26)44-22-28-14-10-24-6-2-4-8-32(24)40-28)27-13-17-35(31(39)21-27)45-23-29-15-11-25-7-3-5-9-33(25)41-29;;/h2-17,20-21H,18-19,22-23H2,1H3,(H,42,43);;/q;+1;-1. The first-order valence-electron chi connectivity index (χ1n) is 14.6. The van der Waals surface area contributed by atoms with Crippen molar-refractivity contribution in [3.05, 3.63) is 142 Å². The van der Waals surface area contributed by atoms with E-state index in [4.69, 9.17) is 32.7 Å². The summed E-state index contributed by atoms with van der Waals surface area (Å²) in [5, 5.41) is 12.5. The summed E-state index contributed by atoms with van der Waals surface area (Å²) in [5.41, 5.74) is 4.35. The van der Waals surface area contributed by atoms with Gasteiger partial charge < -0.3 is 16.0 Å². The second-order valence-corrected chi connectivity index (χ2v) is 11.9. The van der Waals surface area contributed by atoms with Crippen molar-refractivity contribution in [2.24, 2.45) is 0 Å². The largest absolute Gasteiger partial charge is 1.00 e. The Balaban J connectivity index is 0.00000250. The Morgan fingerprint density at radius 2 is 1.17 bits per heavy atom. The van der Waals surface area contributed by atoms with Crippen LogP contribution in [0, 0.1) is 0 Å². The summed E-state index contributed by atoms with van der Waals surface area (Å²) >= 11 is 13.5. The summed E-state index contributed by atoms with van der Waals surface area (Å²) < 4.78 is 12.1. The molecule has 46 heavy (non-hydrogen) atoms. The third-order valence-electron chi connectivity index (χ3n) is 8.04. The third kappa shape index (κ3) is 7.65. The predicted octanol–water partition coefficient (Wildman–Crippen LogP) is 6.54. The Bertz CT molecular complexity index is 1890. The molecule has 0 bridgehead atoms. The summed E-state index contributed by atoms with van der Waals surface area (Å²) in [7, 11) is 0. The Morgan fingerprint density at radius 1 is 0.717 bits per heavy atom. The van der Waals surface area contributed by atoms with Crippen LogP contribution in [0.1, 0.15) is 43.7 Å². The van der Waals surface area contributed by atoms with Crippen molar-refractivity contribution in [1.29, 1.82) is 0 Å². The van der Waals surface area contributed by atoms with Crippen molar-refractivity contribution < 1.29 is 50.4 Å². The predicted molar refractivity (Wildman–Crippen MR) is 179 cm³/mol. The van der Waals surface area contributed by atoms with Gasteiger partial charge in [-0.15, -0.1) is 0 Å². The van der Waals surface area contributed by atoms with E-state index in [0.29, 0.717) is 28.0 Å². The van der Waals surface area contributed by atoms with Gasteiger partial charge in [0.2, 0.25) is 0 Å². The fourth-order valence-electron chi connectivity index (χ4n) is 5.42. The van der Waals surface area contributed by atoms with Gasteiger partial charge in [-0.1, -0.05) is 90.8 Å². The number of nitrogens with zero attached hydrogens (tertiary/aromatic N) is 2. The number of para-hydroxylation sites is 2. The molecule has 9 heteroatoms. The van der Waals surface area contributed by atoms with Crippen LogP contribution in [0.4, 0.5) is 0 Å². The third-order valence-corrected chi connectivity index (χ3v) is 8.63. The summed E-state index contributed by atoms with van der Waals surface area (Å²) in [5.74, 6) is 0.143. The number of rotatable bonds is 11. The first kappa shape index (κ1) is 33.7. The number of hydrogen-bond donors (Lipinski definition) is 1. The fraction of sp³-hybridized carbons (Fsp3) is 0.162. The number of halogens is 2. The number of pyridine rings is 2. The number of ether oxygens (including phenoxy) is 2. The van der Waals surface area contributed by atoms with Crippen molar-refractivity contribution in [3.8, 4) is 11.5 Å². The summed E-state index contributed by atoms with van der Waals surface area (Å²) in [6.45, 7) is 2.50. The number of carbonyl (C=O) groups is 1. The molecule has 0 aliphatic rings. The van der Waals surface area contributed by atoms with E-state index in [0.717, 1.165) is 44.3 Å². The molecule has 0 saturated heterocycles. The maximum atomic E-state index is 11.7. The van der Waals surface area contributed by atoms with Gasteiger partial charge in [0, 0.05) is 22.6 Å². The zero-order chi connectivity index (χ0) is 31.4. The maximum absolute atomic E-state index is 11.7. The Labute approximate surface area is 301 Å². The van der Waals surface area contributed by atoms with Crippen molar-refractivity contribution in [2.45, 2.75) is 38.4 Å². The van der Waals surface area contributed by atoms with E-state index in [2.05, 4.69) is 9.97 Å². The van der Waals surface area contributed by atoms with Crippen LogP contribution in [0.3, 0.4) is 0 Å². The minimum absolute atomic E-state index is 0. The number of carboxylic acid groups (broad SMARTS) is 1. The molecule has 0 amide bonds. The molecular formula is C37H31Cl2N2NaO4. The minimum Gasteiger partial charge on any atom is -1.00 e. The van der Waals surface area contributed by atoms with Gasteiger partial charge in [0.15, 0.2) is 0 Å². The summed E-state index contributed by atoms with van der Waals surface area (Å²) in [6, 6.07) is 34.8. The first-order valence-corrected chi connectivity index (χ1v) is 15.3. The van der Waals surface area contributed by atoms with Crippen molar-refractivity contribution in [1.82, 2.24) is 9.97 Å². The van der Waals surface area contributed by atoms with Gasteiger partial charge in [-0.25, -0.2) is 9.97 Å². The topological polar surface area (TPSA) is 81.5 Å². The molecule has 228 valence electrons. The van der Waals surface area contributed by atoms with Gasteiger partial charge in [-0.3, -0.25) is 4.79 Å². The van der Waals surface area contributed by atoms with Gasteiger partial charge in [-0.2, -0.15) is 0 Å². The second kappa shape index (κ2) is 14.8. The average molecular weight is 662 g/mol. The van der Waals surface area contributed by atoms with E-state index in [9.17, 15) is 9.90 Å². The van der Waals surface area contributed by atoms with Gasteiger partial charge in [0.05, 0.1) is 32.5 Å². The van der Waals surface area contributed by atoms with Crippen LogP contribution in [0.5, 0.6) is 11.5 Å². The Kier molecular flexibility index (Phi) is 10.9. The monoisotopic (exact) mass is 660 g/mol. The van der Waals surface area contributed by atoms with E-state index in [-0.39, 0.29) is 50.6 Å². The molecule has 0 aliphatic carbocycles. The van der Waals surface area contributed by atoms with Crippen LogP contribution in [0.25, 0.3) is 21.8 Å². The molecule has 0 fully saturated rings. The zero-order valence-electron chi connectivity index (χ0n) is 26.5. The zero-order valence-corrected chi connectivity index (χ0v) is 29.1. The molecule has 4 aromatic carbocycles. The molecule has 1 N–H and O–H groups in total. The SMILES string of the molecule is CC(CCC(=O)O)(c1ccc(OCc2ccc3ccccc3n2)c(Cl)c1)c1ccc(OCc2ccc3ccccc3n2)c(Cl)c1.[H-].[Na+]. The molecule has 0 aliphatic heterocycles. The fourth-order valence-corrected chi connectivity index (χ4v) is 5.89. The van der Waals surface area contributed by atoms with Gasteiger partial charge in [0.1, 0.15) is 24.7 Å². The van der Waals surface area contributed by atoms with Crippen molar-refractivity contribution in [3.63, 3.8) is 0 Å². The number of aromatic nitrogens is 2. The van der Waals surface area contributed by atoms with Crippen LogP contribution in [0.2, 0.25) is 10.0 Å². The van der Waals surface area contributed by atoms with E-state index < -0.39 is 11.4 Å². The van der Waals surface area contributed by atoms with Crippen LogP contribution in [-0.4, -0.2) is 21.0 Å². The smallest absolute Gasteiger partial charge is 1.00 e. The van der Waals surface area contributed by atoms with Gasteiger partial charge >= 0.3 is 35.5 Å². The molecule has 0 radical (unpaired) electrons. The quantitative estimate of drug-likeness (QED) is 0.159. The molecule has 2 heterocycles. The molecule has 2 aromatic heterocycles. The molecule has 6 rings (SSSR count). The second-order valence-electron chi connectivity index (χ2n) is 11.1. The van der Waals surface area contributed by atoms with E-state index in [1.165, 1.54) is 0 Å². The van der Waals surface area contributed by atoms with Gasteiger partial charge in [-0.05, 0) is 66.1 Å². The molecule has 0 saturated carbocycles. The van der Waals surface area contributed by atoms with Crippen molar-refractivity contribution >= 4 is 51.0 Å². The molecule has 6 nitrogen and oxygen atoms in total. The number of aliphatic carboxylic acids is 1. The number of hydrogen-bond acceptors (Lipinski definition) is 5. The van der Waals surface area contributed by atoms with E-state index >= 15 is 0 Å². The van der Waals surface area contributed by atoms with E-state index in [1.54, 1.807) is 0 Å². The summed E-state index contributed by atoms with van der Waals surface area (Å²) in [6.07, 6.45) is 0.293. The molecular weight excluding hydrogens is 630 g/mol. The van der Waals surface area contributed by atoms with Crippen molar-refractivity contribution in [2.75, 3.05) is 0 Å².